The topological polar surface area (TPSA) is 40.5 Å². The Bertz CT molecular complexity index is 823. The summed E-state index contributed by atoms with van der Waals surface area (Å²) in [5.41, 5.74) is 4.46. The minimum atomic E-state index is 0.173. The van der Waals surface area contributed by atoms with Crippen molar-refractivity contribution < 1.29 is 10.2 Å². The van der Waals surface area contributed by atoms with Gasteiger partial charge in [0.05, 0.1) is 0 Å². The zero-order chi connectivity index (χ0) is 16.4. The molecule has 0 heterocycles. The molecule has 3 aromatic rings. The van der Waals surface area contributed by atoms with Crippen LogP contribution in [0.1, 0.15) is 29.5 Å². The predicted molar refractivity (Wildman–Crippen MR) is 93.9 cm³/mol. The molecule has 0 saturated heterocycles. The lowest BCUT2D eigenvalue weighted by atomic mass is 9.89. The van der Waals surface area contributed by atoms with Crippen molar-refractivity contribution in [3.8, 4) is 22.6 Å². The first-order valence-corrected chi connectivity index (χ1v) is 7.74. The van der Waals surface area contributed by atoms with E-state index in [4.69, 9.17) is 0 Å². The average molecular weight is 304 g/mol. The highest BCUT2D eigenvalue weighted by Gasteiger charge is 2.16. The van der Waals surface area contributed by atoms with Gasteiger partial charge in [-0.2, -0.15) is 0 Å². The normalized spacial score (nSPS) is 12.1. The number of para-hydroxylation sites is 1. The van der Waals surface area contributed by atoms with Crippen LogP contribution in [0.25, 0.3) is 11.1 Å². The molecule has 23 heavy (non-hydrogen) atoms. The summed E-state index contributed by atoms with van der Waals surface area (Å²) in [5, 5.41) is 20.6. The summed E-state index contributed by atoms with van der Waals surface area (Å²) in [6.07, 6.45) is 0. The maximum Gasteiger partial charge on any atom is 0.126 e. The SMILES string of the molecule is Cc1cc(C(C)c2ccccc2)cc(-c2ccccc2O)c1O. The van der Waals surface area contributed by atoms with E-state index in [1.807, 2.05) is 49.4 Å². The van der Waals surface area contributed by atoms with Gasteiger partial charge in [-0.1, -0.05) is 61.5 Å². The van der Waals surface area contributed by atoms with Crippen LogP contribution in [0.2, 0.25) is 0 Å². The van der Waals surface area contributed by atoms with Crippen molar-refractivity contribution in [3.63, 3.8) is 0 Å². The van der Waals surface area contributed by atoms with Gasteiger partial charge in [-0.25, -0.2) is 0 Å². The zero-order valence-electron chi connectivity index (χ0n) is 13.3. The fraction of sp³-hybridized carbons (Fsp3) is 0.143. The van der Waals surface area contributed by atoms with Crippen molar-refractivity contribution in [2.45, 2.75) is 19.8 Å². The molecule has 1 unspecified atom stereocenters. The Labute approximate surface area is 136 Å². The summed E-state index contributed by atoms with van der Waals surface area (Å²) in [4.78, 5) is 0. The van der Waals surface area contributed by atoms with Crippen LogP contribution in [-0.2, 0) is 0 Å². The van der Waals surface area contributed by atoms with Gasteiger partial charge in [-0.05, 0) is 35.7 Å². The first-order valence-electron chi connectivity index (χ1n) is 7.74. The van der Waals surface area contributed by atoms with E-state index in [1.54, 1.807) is 12.1 Å². The summed E-state index contributed by atoms with van der Waals surface area (Å²) < 4.78 is 0. The molecule has 3 aromatic carbocycles. The number of phenols is 2. The number of aryl methyl sites for hydroxylation is 1. The Kier molecular flexibility index (Phi) is 4.07. The predicted octanol–water partition coefficient (Wildman–Crippen LogP) is 5.23. The molecule has 0 fully saturated rings. The number of hydrogen-bond donors (Lipinski definition) is 2. The average Bonchev–Trinajstić information content (AvgIpc) is 2.58. The molecule has 0 aliphatic heterocycles. The highest BCUT2D eigenvalue weighted by molar-refractivity contribution is 5.77. The largest absolute Gasteiger partial charge is 0.507 e. The fourth-order valence-corrected chi connectivity index (χ4v) is 2.90. The third-order valence-electron chi connectivity index (χ3n) is 4.32. The second kappa shape index (κ2) is 6.17. The van der Waals surface area contributed by atoms with Crippen LogP contribution in [0.5, 0.6) is 11.5 Å². The van der Waals surface area contributed by atoms with Crippen LogP contribution in [-0.4, -0.2) is 10.2 Å². The standard InChI is InChI=1S/C21H20O2/c1-14-12-17(15(2)16-8-4-3-5-9-16)13-19(21(14)23)18-10-6-7-11-20(18)22/h3-13,15,22-23H,1-2H3. The van der Waals surface area contributed by atoms with Gasteiger partial charge in [0.15, 0.2) is 0 Å². The Morgan fingerprint density at radius 1 is 0.739 bits per heavy atom. The van der Waals surface area contributed by atoms with Crippen molar-refractivity contribution in [3.05, 3.63) is 83.4 Å². The van der Waals surface area contributed by atoms with E-state index in [9.17, 15) is 10.2 Å². The van der Waals surface area contributed by atoms with E-state index < -0.39 is 0 Å². The van der Waals surface area contributed by atoms with E-state index in [-0.39, 0.29) is 17.4 Å². The van der Waals surface area contributed by atoms with Gasteiger partial charge in [-0.15, -0.1) is 0 Å². The lowest BCUT2D eigenvalue weighted by Crippen LogP contribution is -1.98. The summed E-state index contributed by atoms with van der Waals surface area (Å²) >= 11 is 0. The van der Waals surface area contributed by atoms with Crippen LogP contribution < -0.4 is 0 Å². The number of benzene rings is 3. The highest BCUT2D eigenvalue weighted by Crippen LogP contribution is 2.40. The Morgan fingerprint density at radius 2 is 1.39 bits per heavy atom. The Balaban J connectivity index is 2.13. The van der Waals surface area contributed by atoms with Crippen molar-refractivity contribution >= 4 is 0 Å². The van der Waals surface area contributed by atoms with Crippen LogP contribution >= 0.6 is 0 Å². The van der Waals surface area contributed by atoms with Crippen LogP contribution in [0, 0.1) is 6.92 Å². The van der Waals surface area contributed by atoms with Crippen molar-refractivity contribution in [1.29, 1.82) is 0 Å². The lowest BCUT2D eigenvalue weighted by Gasteiger charge is -2.17. The van der Waals surface area contributed by atoms with E-state index >= 15 is 0 Å². The van der Waals surface area contributed by atoms with Gasteiger partial charge in [-0.3, -0.25) is 0 Å². The van der Waals surface area contributed by atoms with E-state index in [2.05, 4.69) is 19.1 Å². The van der Waals surface area contributed by atoms with Gasteiger partial charge < -0.3 is 10.2 Å². The van der Waals surface area contributed by atoms with Gasteiger partial charge in [0, 0.05) is 17.0 Å². The van der Waals surface area contributed by atoms with Gasteiger partial charge >= 0.3 is 0 Å². The quantitative estimate of drug-likeness (QED) is 0.696. The summed E-state index contributed by atoms with van der Waals surface area (Å²) in [7, 11) is 0. The molecular formula is C21H20O2. The molecule has 0 aliphatic rings. The molecule has 2 heteroatoms. The number of phenolic OH excluding ortho intramolecular Hbond substituents is 2. The molecule has 2 nitrogen and oxygen atoms in total. The monoisotopic (exact) mass is 304 g/mol. The van der Waals surface area contributed by atoms with E-state index in [1.165, 1.54) is 5.56 Å². The van der Waals surface area contributed by atoms with Gasteiger partial charge in [0.25, 0.3) is 0 Å². The van der Waals surface area contributed by atoms with Crippen molar-refractivity contribution in [1.82, 2.24) is 0 Å². The van der Waals surface area contributed by atoms with Crippen LogP contribution in [0.15, 0.2) is 66.7 Å². The first kappa shape index (κ1) is 15.2. The number of hydrogen-bond acceptors (Lipinski definition) is 2. The molecule has 116 valence electrons. The van der Waals surface area contributed by atoms with Crippen molar-refractivity contribution in [2.75, 3.05) is 0 Å². The van der Waals surface area contributed by atoms with Gasteiger partial charge in [0.2, 0.25) is 0 Å². The molecule has 0 spiro atoms. The molecule has 3 rings (SSSR count). The zero-order valence-corrected chi connectivity index (χ0v) is 13.3. The summed E-state index contributed by atoms with van der Waals surface area (Å²) in [5.74, 6) is 0.599. The molecule has 0 bridgehead atoms. The third kappa shape index (κ3) is 2.93. The molecule has 0 saturated carbocycles. The molecule has 1 atom stereocenters. The molecule has 2 N–H and O–H groups in total. The fourth-order valence-electron chi connectivity index (χ4n) is 2.90. The van der Waals surface area contributed by atoms with Gasteiger partial charge in [0.1, 0.15) is 11.5 Å². The van der Waals surface area contributed by atoms with E-state index in [0.717, 1.165) is 11.1 Å². The first-order chi connectivity index (χ1) is 11.1. The maximum atomic E-state index is 10.4. The van der Waals surface area contributed by atoms with Crippen LogP contribution in [0.4, 0.5) is 0 Å². The maximum absolute atomic E-state index is 10.4. The Morgan fingerprint density at radius 3 is 2.09 bits per heavy atom. The van der Waals surface area contributed by atoms with E-state index in [0.29, 0.717) is 11.1 Å². The minimum Gasteiger partial charge on any atom is -0.507 e. The summed E-state index contributed by atoms with van der Waals surface area (Å²) in [6, 6.07) is 21.3. The minimum absolute atomic E-state index is 0.173. The Hall–Kier alpha value is -2.74. The molecule has 0 amide bonds. The smallest absolute Gasteiger partial charge is 0.126 e. The molecular weight excluding hydrogens is 284 g/mol. The second-order valence-corrected chi connectivity index (χ2v) is 5.88. The summed E-state index contributed by atoms with van der Waals surface area (Å²) in [6.45, 7) is 4.04. The van der Waals surface area contributed by atoms with Crippen molar-refractivity contribution in [2.24, 2.45) is 0 Å². The molecule has 0 radical (unpaired) electrons. The molecule has 0 aliphatic carbocycles. The lowest BCUT2D eigenvalue weighted by molar-refractivity contribution is 0.466. The molecule has 0 aromatic heterocycles. The highest BCUT2D eigenvalue weighted by atomic mass is 16.3. The number of rotatable bonds is 3. The number of aromatic hydroxyl groups is 2. The van der Waals surface area contributed by atoms with Crippen LogP contribution in [0.3, 0.4) is 0 Å². The third-order valence-corrected chi connectivity index (χ3v) is 4.32. The second-order valence-electron chi connectivity index (χ2n) is 5.88.